The van der Waals surface area contributed by atoms with E-state index in [2.05, 4.69) is 42.5 Å². The van der Waals surface area contributed by atoms with Crippen LogP contribution >= 0.6 is 0 Å². The standard InChI is InChI=1S/C41H47N11O6/c1-47-15-16-51(41(47)58)29-3-2-12-50(23-29)33-19-43-35(36(42)54)37(45-33)44-27-4-6-28(7-5-27)49-13-10-24(11-14-49)20-48-21-25-17-30-31(18-26(25)22-48)40(57)52(39(30)56)32-8-9-34(53)46-38(32)55/h4-7,17-19,24,29,32H,2-3,8-16,20-23H2,1H3,(H2,42,54)(H,44,45)(H,46,53,55)/t29-,32?/m1/s1. The number of primary amides is 1. The van der Waals surface area contributed by atoms with Crippen molar-refractivity contribution >= 4 is 58.6 Å². The normalized spacial score (nSPS) is 22.8. The highest BCUT2D eigenvalue weighted by molar-refractivity contribution is 6.23. The Hall–Kier alpha value is -6.10. The van der Waals surface area contributed by atoms with Gasteiger partial charge in [-0.3, -0.25) is 39.1 Å². The predicted molar refractivity (Wildman–Crippen MR) is 212 cm³/mol. The molecule has 17 nitrogen and oxygen atoms in total. The highest BCUT2D eigenvalue weighted by Crippen LogP contribution is 2.35. The van der Waals surface area contributed by atoms with Gasteiger partial charge in [0, 0.05) is 83.7 Å². The Kier molecular flexibility index (Phi) is 9.70. The summed E-state index contributed by atoms with van der Waals surface area (Å²) in [6.07, 6.45) is 5.69. The van der Waals surface area contributed by atoms with Crippen molar-refractivity contribution in [2.75, 3.05) is 68.0 Å². The Balaban J connectivity index is 0.787. The fourth-order valence-corrected chi connectivity index (χ4v) is 9.42. The molecule has 3 aromatic rings. The third-order valence-electron chi connectivity index (χ3n) is 12.6. The quantitative estimate of drug-likeness (QED) is 0.268. The number of rotatable bonds is 9. The summed E-state index contributed by atoms with van der Waals surface area (Å²) in [5, 5.41) is 5.52. The van der Waals surface area contributed by atoms with E-state index in [0.717, 1.165) is 85.8 Å². The topological polar surface area (TPSA) is 198 Å². The molecular weight excluding hydrogens is 743 g/mol. The Bertz CT molecular complexity index is 2160. The molecule has 4 N–H and O–H groups in total. The fourth-order valence-electron chi connectivity index (χ4n) is 9.42. The minimum Gasteiger partial charge on any atom is -0.372 e. The van der Waals surface area contributed by atoms with Crippen molar-refractivity contribution in [2.24, 2.45) is 11.7 Å². The third kappa shape index (κ3) is 6.96. The van der Waals surface area contributed by atoms with E-state index < -0.39 is 35.6 Å². The van der Waals surface area contributed by atoms with Crippen LogP contribution in [0.25, 0.3) is 0 Å². The van der Waals surface area contributed by atoms with Gasteiger partial charge in [0.1, 0.15) is 11.9 Å². The van der Waals surface area contributed by atoms with Gasteiger partial charge in [0.05, 0.1) is 23.4 Å². The van der Waals surface area contributed by atoms with Crippen molar-refractivity contribution in [1.29, 1.82) is 0 Å². The maximum atomic E-state index is 13.3. The van der Waals surface area contributed by atoms with Crippen molar-refractivity contribution in [3.63, 3.8) is 0 Å². The zero-order chi connectivity index (χ0) is 40.2. The SMILES string of the molecule is CN1CCN([C@@H]2CCCN(c3cnc(C(N)=O)c(Nc4ccc(N5CCC(CN6Cc7cc8c(cc7C6)C(=O)N(C6CCC(=O)NC6=O)C8=O)CC5)cc4)n3)C2)C1=O. The summed E-state index contributed by atoms with van der Waals surface area (Å²) in [4.78, 5) is 96.5. The fraction of sp³-hybridized carbons (Fsp3) is 0.463. The summed E-state index contributed by atoms with van der Waals surface area (Å²) in [7, 11) is 1.83. The number of aromatic nitrogens is 2. The van der Waals surface area contributed by atoms with Crippen LogP contribution in [-0.2, 0) is 22.7 Å². The number of hydrogen-bond donors (Lipinski definition) is 3. The number of piperidine rings is 3. The van der Waals surface area contributed by atoms with E-state index in [0.29, 0.717) is 54.9 Å². The number of nitrogens with zero attached hydrogens (tertiary/aromatic N) is 8. The number of nitrogens with one attached hydrogen (secondary N) is 2. The van der Waals surface area contributed by atoms with Crippen LogP contribution < -0.4 is 26.2 Å². The Morgan fingerprint density at radius 1 is 0.879 bits per heavy atom. The van der Waals surface area contributed by atoms with Crippen LogP contribution in [0, 0.1) is 5.92 Å². The molecule has 1 aromatic heterocycles. The second-order valence-corrected chi connectivity index (χ2v) is 16.3. The molecule has 0 spiro atoms. The van der Waals surface area contributed by atoms with Crippen LogP contribution in [0.2, 0.25) is 0 Å². The van der Waals surface area contributed by atoms with E-state index in [1.165, 1.54) is 0 Å². The number of likely N-dealkylation sites (N-methyl/N-ethyl adjacent to an activating group) is 1. The number of imide groups is 2. The highest BCUT2D eigenvalue weighted by Gasteiger charge is 2.45. The van der Waals surface area contributed by atoms with Gasteiger partial charge >= 0.3 is 6.03 Å². The second-order valence-electron chi connectivity index (χ2n) is 16.3. The number of carbonyl (C=O) groups is 6. The summed E-state index contributed by atoms with van der Waals surface area (Å²) >= 11 is 0. The molecule has 0 radical (unpaired) electrons. The molecule has 0 saturated carbocycles. The van der Waals surface area contributed by atoms with Crippen LogP contribution in [0.3, 0.4) is 0 Å². The van der Waals surface area contributed by atoms with Crippen LogP contribution in [0.4, 0.5) is 27.8 Å². The summed E-state index contributed by atoms with van der Waals surface area (Å²) < 4.78 is 0. The Morgan fingerprint density at radius 2 is 1.59 bits per heavy atom. The molecule has 7 heterocycles. The first-order valence-electron chi connectivity index (χ1n) is 20.2. The smallest absolute Gasteiger partial charge is 0.320 e. The molecule has 0 aliphatic carbocycles. The lowest BCUT2D eigenvalue weighted by atomic mass is 9.96. The molecule has 302 valence electrons. The number of amides is 7. The largest absolute Gasteiger partial charge is 0.372 e. The van der Waals surface area contributed by atoms with Crippen molar-refractivity contribution in [1.82, 2.24) is 34.9 Å². The molecule has 1 unspecified atom stereocenters. The van der Waals surface area contributed by atoms with E-state index in [4.69, 9.17) is 10.7 Å². The molecule has 0 bridgehead atoms. The minimum absolute atomic E-state index is 0.0547. The average molecular weight is 790 g/mol. The highest BCUT2D eigenvalue weighted by atomic mass is 16.2. The van der Waals surface area contributed by atoms with Crippen LogP contribution in [0.15, 0.2) is 42.6 Å². The molecule has 9 rings (SSSR count). The third-order valence-corrected chi connectivity index (χ3v) is 12.6. The van der Waals surface area contributed by atoms with Crippen LogP contribution in [-0.4, -0.2) is 130 Å². The van der Waals surface area contributed by atoms with Crippen molar-refractivity contribution < 1.29 is 28.8 Å². The van der Waals surface area contributed by atoms with Crippen LogP contribution in [0.1, 0.15) is 80.9 Å². The zero-order valence-electron chi connectivity index (χ0n) is 32.5. The molecule has 58 heavy (non-hydrogen) atoms. The van der Waals surface area contributed by atoms with Gasteiger partial charge in [-0.15, -0.1) is 0 Å². The number of benzene rings is 2. The first kappa shape index (κ1) is 37.5. The van der Waals surface area contributed by atoms with E-state index in [1.807, 2.05) is 36.2 Å². The first-order valence-corrected chi connectivity index (χ1v) is 20.2. The molecule has 4 fully saturated rings. The first-order chi connectivity index (χ1) is 28.0. The monoisotopic (exact) mass is 789 g/mol. The number of anilines is 4. The van der Waals surface area contributed by atoms with Gasteiger partial charge in [-0.1, -0.05) is 0 Å². The molecule has 6 aliphatic heterocycles. The number of urea groups is 1. The zero-order valence-corrected chi connectivity index (χ0v) is 32.5. The van der Waals surface area contributed by atoms with Gasteiger partial charge < -0.3 is 30.7 Å². The lowest BCUT2D eigenvalue weighted by Gasteiger charge is -2.37. The number of hydrogen-bond acceptors (Lipinski definition) is 12. The van der Waals surface area contributed by atoms with Gasteiger partial charge in [0.25, 0.3) is 17.7 Å². The second kappa shape index (κ2) is 15.0. The van der Waals surface area contributed by atoms with Gasteiger partial charge in [-0.05, 0) is 85.5 Å². The van der Waals surface area contributed by atoms with E-state index >= 15 is 0 Å². The molecule has 4 saturated heterocycles. The number of fused-ring (bicyclic) bond motifs is 2. The van der Waals surface area contributed by atoms with E-state index in [-0.39, 0.29) is 30.6 Å². The van der Waals surface area contributed by atoms with Gasteiger partial charge in [-0.2, -0.15) is 0 Å². The molecule has 6 aliphatic rings. The maximum absolute atomic E-state index is 13.3. The van der Waals surface area contributed by atoms with E-state index in [1.54, 1.807) is 11.1 Å². The lowest BCUT2D eigenvalue weighted by Crippen LogP contribution is -2.54. The Labute approximate surface area is 335 Å². The molecule has 7 amide bonds. The molecule has 17 heteroatoms. The maximum Gasteiger partial charge on any atom is 0.320 e. The van der Waals surface area contributed by atoms with Crippen molar-refractivity contribution in [2.45, 2.75) is 63.7 Å². The van der Waals surface area contributed by atoms with Gasteiger partial charge in [-0.25, -0.2) is 14.8 Å². The summed E-state index contributed by atoms with van der Waals surface area (Å²) in [5.41, 5.74) is 10.3. The average Bonchev–Trinajstić information content (AvgIpc) is 3.85. The summed E-state index contributed by atoms with van der Waals surface area (Å²) in [6.45, 7) is 6.95. The number of nitrogens with two attached hydrogens (primary N) is 1. The summed E-state index contributed by atoms with van der Waals surface area (Å²) in [5.74, 6) is -1.21. The van der Waals surface area contributed by atoms with Gasteiger partial charge in [0.2, 0.25) is 11.8 Å². The van der Waals surface area contributed by atoms with E-state index in [9.17, 15) is 28.8 Å². The number of carbonyl (C=O) groups excluding carboxylic acids is 6. The van der Waals surface area contributed by atoms with Gasteiger partial charge in [0.15, 0.2) is 11.5 Å². The predicted octanol–water partition coefficient (Wildman–Crippen LogP) is 2.29. The summed E-state index contributed by atoms with van der Waals surface area (Å²) in [6, 6.07) is 10.8. The Morgan fingerprint density at radius 3 is 2.22 bits per heavy atom. The molecule has 2 aromatic carbocycles. The lowest BCUT2D eigenvalue weighted by molar-refractivity contribution is -0.136. The minimum atomic E-state index is -0.969. The molecular formula is C41H47N11O6. The van der Waals surface area contributed by atoms with Crippen molar-refractivity contribution in [3.8, 4) is 0 Å². The molecule has 2 atom stereocenters. The van der Waals surface area contributed by atoms with Crippen LogP contribution in [0.5, 0.6) is 0 Å². The van der Waals surface area contributed by atoms with Crippen molar-refractivity contribution in [3.05, 3.63) is 70.5 Å².